The molecule has 0 aromatic heterocycles. The molecule has 0 aromatic carbocycles. The van der Waals surface area contributed by atoms with Crippen LogP contribution in [0.3, 0.4) is 0 Å². The number of nitrogens with zero attached hydrogens (tertiary/aromatic N) is 1. The first-order valence-electron chi connectivity index (χ1n) is 3.96. The minimum atomic E-state index is 0.230. The molecule has 0 atom stereocenters. The highest BCUT2D eigenvalue weighted by Crippen LogP contribution is 2.04. The van der Waals surface area contributed by atoms with E-state index < -0.39 is 0 Å². The SMILES string of the molecule is CCCSCCC(=O)N(C)C. The van der Waals surface area contributed by atoms with E-state index in [9.17, 15) is 4.79 Å². The van der Waals surface area contributed by atoms with Gasteiger partial charge in [0.15, 0.2) is 0 Å². The number of hydrogen-bond donors (Lipinski definition) is 0. The van der Waals surface area contributed by atoms with Gasteiger partial charge in [0.25, 0.3) is 0 Å². The number of hydrogen-bond acceptors (Lipinski definition) is 2. The normalized spacial score (nSPS) is 9.73. The Bertz CT molecular complexity index is 115. The van der Waals surface area contributed by atoms with Crippen LogP contribution in [0.25, 0.3) is 0 Å². The lowest BCUT2D eigenvalue weighted by molar-refractivity contribution is -0.128. The molecule has 0 aliphatic heterocycles. The van der Waals surface area contributed by atoms with Gasteiger partial charge in [-0.1, -0.05) is 6.92 Å². The highest BCUT2D eigenvalue weighted by Gasteiger charge is 2.01. The average Bonchev–Trinajstić information content (AvgIpc) is 1.97. The molecular weight excluding hydrogens is 158 g/mol. The highest BCUT2D eigenvalue weighted by atomic mass is 32.2. The molecule has 0 bridgehead atoms. The van der Waals surface area contributed by atoms with Crippen molar-refractivity contribution in [2.24, 2.45) is 0 Å². The molecule has 66 valence electrons. The van der Waals surface area contributed by atoms with Crippen molar-refractivity contribution in [2.45, 2.75) is 19.8 Å². The van der Waals surface area contributed by atoms with Gasteiger partial charge in [0.2, 0.25) is 5.91 Å². The van der Waals surface area contributed by atoms with E-state index in [2.05, 4.69) is 6.92 Å². The zero-order chi connectivity index (χ0) is 8.69. The van der Waals surface area contributed by atoms with Gasteiger partial charge in [-0.3, -0.25) is 4.79 Å². The molecule has 0 unspecified atom stereocenters. The Morgan fingerprint density at radius 3 is 2.45 bits per heavy atom. The van der Waals surface area contributed by atoms with Gasteiger partial charge in [0.05, 0.1) is 0 Å². The smallest absolute Gasteiger partial charge is 0.222 e. The molecule has 11 heavy (non-hydrogen) atoms. The first-order chi connectivity index (χ1) is 5.18. The van der Waals surface area contributed by atoms with Crippen LogP contribution < -0.4 is 0 Å². The Hall–Kier alpha value is -0.180. The van der Waals surface area contributed by atoms with Crippen LogP contribution in [0, 0.1) is 0 Å². The van der Waals surface area contributed by atoms with Crippen LogP contribution >= 0.6 is 11.8 Å². The van der Waals surface area contributed by atoms with E-state index in [1.54, 1.807) is 19.0 Å². The van der Waals surface area contributed by atoms with Crippen LogP contribution in [-0.4, -0.2) is 36.4 Å². The molecule has 0 aromatic rings. The van der Waals surface area contributed by atoms with Gasteiger partial charge in [-0.15, -0.1) is 0 Å². The monoisotopic (exact) mass is 175 g/mol. The van der Waals surface area contributed by atoms with Crippen molar-refractivity contribution in [2.75, 3.05) is 25.6 Å². The zero-order valence-corrected chi connectivity index (χ0v) is 8.41. The summed E-state index contributed by atoms with van der Waals surface area (Å²) in [4.78, 5) is 12.7. The van der Waals surface area contributed by atoms with E-state index in [0.29, 0.717) is 6.42 Å². The first kappa shape index (κ1) is 10.8. The van der Waals surface area contributed by atoms with Crippen LogP contribution in [0.15, 0.2) is 0 Å². The molecule has 0 rings (SSSR count). The van der Waals surface area contributed by atoms with E-state index in [1.807, 2.05) is 11.8 Å². The van der Waals surface area contributed by atoms with Crippen LogP contribution in [0.4, 0.5) is 0 Å². The second-order valence-electron chi connectivity index (χ2n) is 2.65. The summed E-state index contributed by atoms with van der Waals surface area (Å²) in [7, 11) is 3.60. The molecule has 1 amide bonds. The Kier molecular flexibility index (Phi) is 6.42. The lowest BCUT2D eigenvalue weighted by atomic mass is 10.4. The lowest BCUT2D eigenvalue weighted by Gasteiger charge is -2.08. The molecule has 0 aliphatic carbocycles. The zero-order valence-electron chi connectivity index (χ0n) is 7.59. The molecule has 0 heterocycles. The third kappa shape index (κ3) is 6.23. The fourth-order valence-corrected chi connectivity index (χ4v) is 1.44. The van der Waals surface area contributed by atoms with E-state index in [1.165, 1.54) is 12.2 Å². The molecule has 0 radical (unpaired) electrons. The summed E-state index contributed by atoms with van der Waals surface area (Å²) in [5.74, 6) is 2.36. The van der Waals surface area contributed by atoms with Crippen LogP contribution in [0.5, 0.6) is 0 Å². The van der Waals surface area contributed by atoms with Crippen LogP contribution in [-0.2, 0) is 4.79 Å². The maximum absolute atomic E-state index is 11.0. The standard InChI is InChI=1S/C8H17NOS/c1-4-6-11-7-5-8(10)9(2)3/h4-7H2,1-3H3. The second-order valence-corrected chi connectivity index (χ2v) is 3.88. The van der Waals surface area contributed by atoms with Gasteiger partial charge >= 0.3 is 0 Å². The van der Waals surface area contributed by atoms with Crippen molar-refractivity contribution < 1.29 is 4.79 Å². The molecule has 0 spiro atoms. The van der Waals surface area contributed by atoms with E-state index in [0.717, 1.165) is 5.75 Å². The van der Waals surface area contributed by atoms with Crippen molar-refractivity contribution >= 4 is 17.7 Å². The van der Waals surface area contributed by atoms with Crippen LogP contribution in [0.2, 0.25) is 0 Å². The molecule has 0 fully saturated rings. The minimum absolute atomic E-state index is 0.230. The van der Waals surface area contributed by atoms with Gasteiger partial charge in [0.1, 0.15) is 0 Å². The van der Waals surface area contributed by atoms with Crippen molar-refractivity contribution in [1.82, 2.24) is 4.90 Å². The predicted octanol–water partition coefficient (Wildman–Crippen LogP) is 1.61. The average molecular weight is 175 g/mol. The van der Waals surface area contributed by atoms with Crippen molar-refractivity contribution in [3.8, 4) is 0 Å². The van der Waals surface area contributed by atoms with Gasteiger partial charge in [-0.25, -0.2) is 0 Å². The Balaban J connectivity index is 3.18. The maximum atomic E-state index is 11.0. The maximum Gasteiger partial charge on any atom is 0.222 e. The van der Waals surface area contributed by atoms with E-state index in [4.69, 9.17) is 0 Å². The van der Waals surface area contributed by atoms with Crippen LogP contribution in [0.1, 0.15) is 19.8 Å². The van der Waals surface area contributed by atoms with Gasteiger partial charge in [-0.05, 0) is 12.2 Å². The summed E-state index contributed by atoms with van der Waals surface area (Å²) >= 11 is 1.85. The Labute approximate surface area is 73.3 Å². The molecule has 0 saturated heterocycles. The van der Waals surface area contributed by atoms with Gasteiger partial charge < -0.3 is 4.90 Å². The molecule has 3 heteroatoms. The van der Waals surface area contributed by atoms with Crippen molar-refractivity contribution in [3.05, 3.63) is 0 Å². The summed E-state index contributed by atoms with van der Waals surface area (Å²) < 4.78 is 0. The summed E-state index contributed by atoms with van der Waals surface area (Å²) in [5, 5.41) is 0. The summed E-state index contributed by atoms with van der Waals surface area (Å²) in [5.41, 5.74) is 0. The number of amides is 1. The third-order valence-electron chi connectivity index (χ3n) is 1.31. The topological polar surface area (TPSA) is 20.3 Å². The number of rotatable bonds is 5. The van der Waals surface area contributed by atoms with Gasteiger partial charge in [0, 0.05) is 26.3 Å². The first-order valence-corrected chi connectivity index (χ1v) is 5.11. The number of carbonyl (C=O) groups is 1. The number of thioether (sulfide) groups is 1. The van der Waals surface area contributed by atoms with E-state index >= 15 is 0 Å². The van der Waals surface area contributed by atoms with Gasteiger partial charge in [-0.2, -0.15) is 11.8 Å². The fourth-order valence-electron chi connectivity index (χ4n) is 0.629. The van der Waals surface area contributed by atoms with Crippen molar-refractivity contribution in [3.63, 3.8) is 0 Å². The molecule has 0 saturated carbocycles. The molecule has 0 N–H and O–H groups in total. The Morgan fingerprint density at radius 2 is 2.00 bits per heavy atom. The Morgan fingerprint density at radius 1 is 1.36 bits per heavy atom. The molecule has 2 nitrogen and oxygen atoms in total. The fraction of sp³-hybridized carbons (Fsp3) is 0.875. The lowest BCUT2D eigenvalue weighted by Crippen LogP contribution is -2.21. The molecule has 0 aliphatic rings. The minimum Gasteiger partial charge on any atom is -0.349 e. The van der Waals surface area contributed by atoms with Crippen molar-refractivity contribution in [1.29, 1.82) is 0 Å². The summed E-state index contributed by atoms with van der Waals surface area (Å²) in [6, 6.07) is 0. The predicted molar refractivity (Wildman–Crippen MR) is 50.9 cm³/mol. The largest absolute Gasteiger partial charge is 0.349 e. The quantitative estimate of drug-likeness (QED) is 0.592. The summed E-state index contributed by atoms with van der Waals surface area (Å²) in [6.45, 7) is 2.15. The summed E-state index contributed by atoms with van der Waals surface area (Å²) in [6.07, 6.45) is 1.87. The third-order valence-corrected chi connectivity index (χ3v) is 2.50. The van der Waals surface area contributed by atoms with E-state index in [-0.39, 0.29) is 5.91 Å². The highest BCUT2D eigenvalue weighted by molar-refractivity contribution is 7.99. The second kappa shape index (κ2) is 6.53. The number of carbonyl (C=O) groups excluding carboxylic acids is 1. The molecular formula is C8H17NOS.